The second-order valence-corrected chi connectivity index (χ2v) is 5.29. The number of piperidine rings is 1. The third-order valence-electron chi connectivity index (χ3n) is 3.86. The summed E-state index contributed by atoms with van der Waals surface area (Å²) in [5.41, 5.74) is -0.0832. The average Bonchev–Trinajstić information content (AvgIpc) is 2.29. The molecule has 1 N–H and O–H groups in total. The molecule has 98 valence electrons. The number of rotatable bonds is 2. The molecule has 4 heteroatoms. The van der Waals surface area contributed by atoms with Crippen LogP contribution >= 0.6 is 0 Å². The third-order valence-corrected chi connectivity index (χ3v) is 3.86. The lowest BCUT2D eigenvalue weighted by Crippen LogP contribution is -2.56. The molecule has 1 unspecified atom stereocenters. The molecule has 3 nitrogen and oxygen atoms in total. The van der Waals surface area contributed by atoms with Crippen LogP contribution in [0.5, 0.6) is 0 Å². The summed E-state index contributed by atoms with van der Waals surface area (Å²) in [7, 11) is 0. The maximum atomic E-state index is 13.9. The number of carboxylic acids is 1. The lowest BCUT2D eigenvalue weighted by molar-refractivity contribution is -0.144. The van der Waals surface area contributed by atoms with Gasteiger partial charge < -0.3 is 10.0 Å². The number of hydrogen-bond acceptors (Lipinski definition) is 2. The van der Waals surface area contributed by atoms with Gasteiger partial charge in [0.05, 0.1) is 11.6 Å². The van der Waals surface area contributed by atoms with Gasteiger partial charge in [-0.1, -0.05) is 12.1 Å². The summed E-state index contributed by atoms with van der Waals surface area (Å²) < 4.78 is 13.9. The molecule has 18 heavy (non-hydrogen) atoms. The summed E-state index contributed by atoms with van der Waals surface area (Å²) in [4.78, 5) is 13.2. The molecule has 1 fully saturated rings. The van der Waals surface area contributed by atoms with Gasteiger partial charge in [0.1, 0.15) is 5.82 Å². The average molecular weight is 251 g/mol. The van der Waals surface area contributed by atoms with E-state index in [2.05, 4.69) is 0 Å². The zero-order valence-corrected chi connectivity index (χ0v) is 10.7. The molecule has 1 aliphatic rings. The number of halogens is 1. The highest BCUT2D eigenvalue weighted by Crippen LogP contribution is 2.37. The van der Waals surface area contributed by atoms with Crippen molar-refractivity contribution >= 4 is 11.7 Å². The molecule has 0 saturated carbocycles. The zero-order valence-electron chi connectivity index (χ0n) is 10.7. The maximum Gasteiger partial charge on any atom is 0.308 e. The Hall–Kier alpha value is -1.58. The summed E-state index contributed by atoms with van der Waals surface area (Å²) in [5, 5.41) is 9.29. The Kier molecular flexibility index (Phi) is 3.28. The molecule has 0 aromatic heterocycles. The molecule has 1 saturated heterocycles. The van der Waals surface area contributed by atoms with Gasteiger partial charge in [0.15, 0.2) is 0 Å². The van der Waals surface area contributed by atoms with E-state index in [4.69, 9.17) is 0 Å². The standard InChI is InChI=1S/C14H18FNO2/c1-14(2)10(13(17)18)6-5-9-16(14)12-8-4-3-7-11(12)15/h3-4,7-8,10H,5-6,9H2,1-2H3,(H,17,18). The molecule has 1 atom stereocenters. The van der Waals surface area contributed by atoms with Gasteiger partial charge in [-0.05, 0) is 38.8 Å². The summed E-state index contributed by atoms with van der Waals surface area (Å²) in [6.45, 7) is 4.44. The lowest BCUT2D eigenvalue weighted by atomic mass is 9.78. The highest BCUT2D eigenvalue weighted by molar-refractivity contribution is 5.73. The van der Waals surface area contributed by atoms with Gasteiger partial charge in [-0.2, -0.15) is 0 Å². The van der Waals surface area contributed by atoms with Crippen LogP contribution in [0, 0.1) is 11.7 Å². The minimum Gasteiger partial charge on any atom is -0.481 e. The minimum absolute atomic E-state index is 0.295. The normalized spacial score (nSPS) is 22.8. The lowest BCUT2D eigenvalue weighted by Gasteiger charge is -2.47. The second-order valence-electron chi connectivity index (χ2n) is 5.29. The van der Waals surface area contributed by atoms with Crippen LogP contribution < -0.4 is 4.90 Å². The van der Waals surface area contributed by atoms with Crippen LogP contribution in [0.4, 0.5) is 10.1 Å². The Labute approximate surface area is 106 Å². The zero-order chi connectivity index (χ0) is 13.3. The molecule has 0 radical (unpaired) electrons. The molecule has 0 aliphatic carbocycles. The topological polar surface area (TPSA) is 40.5 Å². The largest absolute Gasteiger partial charge is 0.481 e. The number of aliphatic carboxylic acids is 1. The number of hydrogen-bond donors (Lipinski definition) is 1. The number of para-hydroxylation sites is 1. The first-order valence-electron chi connectivity index (χ1n) is 6.19. The van der Waals surface area contributed by atoms with Gasteiger partial charge in [-0.25, -0.2) is 4.39 Å². The van der Waals surface area contributed by atoms with Crippen molar-refractivity contribution < 1.29 is 14.3 Å². The molecule has 0 amide bonds. The summed E-state index contributed by atoms with van der Waals surface area (Å²) in [5.74, 6) is -1.57. The van der Waals surface area contributed by atoms with E-state index in [1.165, 1.54) is 6.07 Å². The van der Waals surface area contributed by atoms with E-state index in [1.807, 2.05) is 18.7 Å². The first-order chi connectivity index (χ1) is 8.44. The van der Waals surface area contributed by atoms with Crippen LogP contribution in [-0.2, 0) is 4.79 Å². The van der Waals surface area contributed by atoms with Crippen LogP contribution in [0.15, 0.2) is 24.3 Å². The number of carboxylic acid groups (broad SMARTS) is 1. The molecular weight excluding hydrogens is 233 g/mol. The molecule has 1 aromatic carbocycles. The van der Waals surface area contributed by atoms with Gasteiger partial charge in [0.25, 0.3) is 0 Å². The van der Waals surface area contributed by atoms with Gasteiger partial charge in [0.2, 0.25) is 0 Å². The van der Waals surface area contributed by atoms with Gasteiger partial charge in [0, 0.05) is 12.1 Å². The fourth-order valence-electron chi connectivity index (χ4n) is 2.81. The Morgan fingerprint density at radius 2 is 2.11 bits per heavy atom. The molecular formula is C14H18FNO2. The molecule has 1 aliphatic heterocycles. The number of anilines is 1. The molecule has 2 rings (SSSR count). The van der Waals surface area contributed by atoms with Crippen LogP contribution in [0.25, 0.3) is 0 Å². The van der Waals surface area contributed by atoms with Crippen molar-refractivity contribution in [3.8, 4) is 0 Å². The van der Waals surface area contributed by atoms with Gasteiger partial charge in [-0.3, -0.25) is 4.79 Å². The quantitative estimate of drug-likeness (QED) is 0.878. The highest BCUT2D eigenvalue weighted by atomic mass is 19.1. The predicted molar refractivity (Wildman–Crippen MR) is 68.2 cm³/mol. The van der Waals surface area contributed by atoms with Crippen molar-refractivity contribution in [2.75, 3.05) is 11.4 Å². The summed E-state index contributed by atoms with van der Waals surface area (Å²) in [6.07, 6.45) is 1.42. The van der Waals surface area contributed by atoms with Crippen LogP contribution in [0.3, 0.4) is 0 Å². The molecule has 0 spiro atoms. The van der Waals surface area contributed by atoms with Crippen LogP contribution in [0.1, 0.15) is 26.7 Å². The van der Waals surface area contributed by atoms with Gasteiger partial charge in [-0.15, -0.1) is 0 Å². The number of nitrogens with zero attached hydrogens (tertiary/aromatic N) is 1. The van der Waals surface area contributed by atoms with Gasteiger partial charge >= 0.3 is 5.97 Å². The van der Waals surface area contributed by atoms with Crippen molar-refractivity contribution in [1.29, 1.82) is 0 Å². The Morgan fingerprint density at radius 3 is 2.72 bits per heavy atom. The van der Waals surface area contributed by atoms with E-state index < -0.39 is 17.4 Å². The van der Waals surface area contributed by atoms with Crippen molar-refractivity contribution in [3.63, 3.8) is 0 Å². The number of benzene rings is 1. The van der Waals surface area contributed by atoms with Crippen molar-refractivity contribution in [2.45, 2.75) is 32.2 Å². The molecule has 0 bridgehead atoms. The van der Waals surface area contributed by atoms with E-state index in [9.17, 15) is 14.3 Å². The van der Waals surface area contributed by atoms with E-state index in [1.54, 1.807) is 18.2 Å². The summed E-state index contributed by atoms with van der Waals surface area (Å²) in [6, 6.07) is 6.54. The second kappa shape index (κ2) is 4.59. The molecule has 1 heterocycles. The smallest absolute Gasteiger partial charge is 0.308 e. The maximum absolute atomic E-state index is 13.9. The first kappa shape index (κ1) is 12.9. The van der Waals surface area contributed by atoms with E-state index >= 15 is 0 Å². The SMILES string of the molecule is CC1(C)C(C(=O)O)CCCN1c1ccccc1F. The predicted octanol–water partition coefficient (Wildman–Crippen LogP) is 2.91. The number of carbonyl (C=O) groups is 1. The fourth-order valence-corrected chi connectivity index (χ4v) is 2.81. The van der Waals surface area contributed by atoms with Crippen LogP contribution in [0.2, 0.25) is 0 Å². The van der Waals surface area contributed by atoms with E-state index in [0.717, 1.165) is 6.42 Å². The van der Waals surface area contributed by atoms with Crippen LogP contribution in [-0.4, -0.2) is 23.2 Å². The van der Waals surface area contributed by atoms with Crippen molar-refractivity contribution in [3.05, 3.63) is 30.1 Å². The van der Waals surface area contributed by atoms with Crippen molar-refractivity contribution in [2.24, 2.45) is 5.92 Å². The first-order valence-corrected chi connectivity index (χ1v) is 6.19. The monoisotopic (exact) mass is 251 g/mol. The Balaban J connectivity index is 2.39. The Morgan fingerprint density at radius 1 is 1.44 bits per heavy atom. The summed E-state index contributed by atoms with van der Waals surface area (Å²) >= 11 is 0. The fraction of sp³-hybridized carbons (Fsp3) is 0.500. The van der Waals surface area contributed by atoms with E-state index in [0.29, 0.717) is 18.7 Å². The van der Waals surface area contributed by atoms with E-state index in [-0.39, 0.29) is 5.82 Å². The third kappa shape index (κ3) is 2.07. The minimum atomic E-state index is -0.805. The Bertz CT molecular complexity index is 459. The molecule has 1 aromatic rings. The van der Waals surface area contributed by atoms with Crippen molar-refractivity contribution in [1.82, 2.24) is 0 Å². The highest BCUT2D eigenvalue weighted by Gasteiger charge is 2.43.